The Bertz CT molecular complexity index is 276. The highest BCUT2D eigenvalue weighted by atomic mass is 16.4. The van der Waals surface area contributed by atoms with E-state index < -0.39 is 11.6 Å². The Kier molecular flexibility index (Phi) is 7.59. The van der Waals surface area contributed by atoms with Gasteiger partial charge in [-0.3, -0.25) is 4.79 Å². The lowest BCUT2D eigenvalue weighted by Gasteiger charge is -2.19. The second-order valence-electron chi connectivity index (χ2n) is 4.98. The first-order chi connectivity index (χ1) is 8.33. The summed E-state index contributed by atoms with van der Waals surface area (Å²) in [4.78, 5) is 22.3. The summed E-state index contributed by atoms with van der Waals surface area (Å²) < 4.78 is 0. The van der Waals surface area contributed by atoms with Crippen molar-refractivity contribution < 1.29 is 19.8 Å². The molecule has 0 rings (SSSR count). The molecule has 18 heavy (non-hydrogen) atoms. The van der Waals surface area contributed by atoms with E-state index in [-0.39, 0.29) is 12.5 Å². The van der Waals surface area contributed by atoms with Crippen molar-refractivity contribution in [2.24, 2.45) is 5.92 Å². The van der Waals surface area contributed by atoms with Gasteiger partial charge in [0.05, 0.1) is 6.54 Å². The van der Waals surface area contributed by atoms with Crippen LogP contribution in [-0.4, -0.2) is 34.2 Å². The van der Waals surface area contributed by atoms with Crippen molar-refractivity contribution in [3.8, 4) is 0 Å². The molecule has 0 aliphatic rings. The summed E-state index contributed by atoms with van der Waals surface area (Å²) in [7, 11) is 0. The van der Waals surface area contributed by atoms with Crippen LogP contribution in [-0.2, 0) is 9.59 Å². The monoisotopic (exact) mass is 259 g/mol. The predicted octanol–water partition coefficient (Wildman–Crippen LogP) is 1.54. The summed E-state index contributed by atoms with van der Waals surface area (Å²) in [6, 6.07) is 0. The Hall–Kier alpha value is -1.10. The summed E-state index contributed by atoms with van der Waals surface area (Å²) in [5, 5.41) is 20.6. The third-order valence-electron chi connectivity index (χ3n) is 3.11. The Balaban J connectivity index is 4.06. The van der Waals surface area contributed by atoms with Gasteiger partial charge in [0.2, 0.25) is 5.91 Å². The van der Waals surface area contributed by atoms with E-state index in [4.69, 9.17) is 5.11 Å². The number of hydrogen-bond donors (Lipinski definition) is 3. The maximum absolute atomic E-state index is 11.6. The number of amides is 1. The molecule has 0 saturated heterocycles. The fourth-order valence-electron chi connectivity index (χ4n) is 1.62. The molecule has 0 saturated carbocycles. The van der Waals surface area contributed by atoms with Gasteiger partial charge in [0.15, 0.2) is 5.60 Å². The molecule has 0 aromatic carbocycles. The predicted molar refractivity (Wildman–Crippen MR) is 69.2 cm³/mol. The summed E-state index contributed by atoms with van der Waals surface area (Å²) in [6.45, 7) is 5.06. The van der Waals surface area contributed by atoms with E-state index in [0.29, 0.717) is 12.3 Å². The van der Waals surface area contributed by atoms with E-state index in [9.17, 15) is 14.7 Å². The zero-order valence-electron chi connectivity index (χ0n) is 11.5. The Labute approximate surface area is 109 Å². The minimum atomic E-state index is -1.90. The average molecular weight is 259 g/mol. The molecule has 1 amide bonds. The number of aliphatic hydroxyl groups is 1. The Morgan fingerprint density at radius 3 is 2.39 bits per heavy atom. The molecule has 106 valence electrons. The van der Waals surface area contributed by atoms with E-state index in [1.165, 1.54) is 6.92 Å². The highest BCUT2D eigenvalue weighted by Crippen LogP contribution is 2.16. The van der Waals surface area contributed by atoms with Gasteiger partial charge in [-0.15, -0.1) is 0 Å². The van der Waals surface area contributed by atoms with Crippen LogP contribution in [0.1, 0.15) is 52.9 Å². The first-order valence-corrected chi connectivity index (χ1v) is 6.56. The number of carboxylic acid groups (broad SMARTS) is 1. The van der Waals surface area contributed by atoms with Crippen LogP contribution in [0.25, 0.3) is 0 Å². The maximum Gasteiger partial charge on any atom is 0.337 e. The van der Waals surface area contributed by atoms with Crippen LogP contribution in [0.2, 0.25) is 0 Å². The van der Waals surface area contributed by atoms with Gasteiger partial charge < -0.3 is 15.5 Å². The van der Waals surface area contributed by atoms with Crippen LogP contribution in [0, 0.1) is 5.92 Å². The van der Waals surface area contributed by atoms with Gasteiger partial charge in [-0.2, -0.15) is 0 Å². The van der Waals surface area contributed by atoms with Crippen LogP contribution < -0.4 is 5.32 Å². The number of unbranched alkanes of at least 4 members (excludes halogenated alkanes) is 1. The molecule has 2 atom stereocenters. The molecule has 3 N–H and O–H groups in total. The second kappa shape index (κ2) is 8.08. The third kappa shape index (κ3) is 6.59. The van der Waals surface area contributed by atoms with Crippen LogP contribution in [0.4, 0.5) is 0 Å². The molecule has 0 radical (unpaired) electrons. The van der Waals surface area contributed by atoms with Crippen molar-refractivity contribution >= 4 is 11.9 Å². The molecule has 0 bridgehead atoms. The number of carbonyl (C=O) groups is 2. The number of rotatable bonds is 9. The fourth-order valence-corrected chi connectivity index (χ4v) is 1.62. The van der Waals surface area contributed by atoms with E-state index in [0.717, 1.165) is 25.7 Å². The lowest BCUT2D eigenvalue weighted by atomic mass is 9.95. The molecular formula is C13H25NO4. The summed E-state index contributed by atoms with van der Waals surface area (Å²) in [5.74, 6) is -1.19. The fraction of sp³-hybridized carbons (Fsp3) is 0.846. The number of carboxylic acids is 1. The summed E-state index contributed by atoms with van der Waals surface area (Å²) >= 11 is 0. The van der Waals surface area contributed by atoms with Crippen molar-refractivity contribution in [3.63, 3.8) is 0 Å². The van der Waals surface area contributed by atoms with Crippen molar-refractivity contribution in [3.05, 3.63) is 0 Å². The molecule has 0 aromatic rings. The van der Waals surface area contributed by atoms with E-state index in [2.05, 4.69) is 12.2 Å². The lowest BCUT2D eigenvalue weighted by molar-refractivity contribution is -0.156. The largest absolute Gasteiger partial charge is 0.479 e. The minimum Gasteiger partial charge on any atom is -0.479 e. The Morgan fingerprint density at radius 2 is 1.94 bits per heavy atom. The van der Waals surface area contributed by atoms with Crippen LogP contribution in [0.15, 0.2) is 0 Å². The standard InChI is InChI=1S/C13H25NO4/c1-4-6-7-10(5-2)8-11(15)14-9-13(3,18)12(16)17/h10,18H,4-9H2,1-3H3,(H,14,15)(H,16,17). The molecule has 0 aromatic heterocycles. The van der Waals surface area contributed by atoms with Gasteiger partial charge in [0, 0.05) is 6.42 Å². The normalized spacial score (nSPS) is 15.8. The van der Waals surface area contributed by atoms with Gasteiger partial charge >= 0.3 is 5.97 Å². The highest BCUT2D eigenvalue weighted by molar-refractivity contribution is 5.80. The minimum absolute atomic E-state index is 0.195. The number of aliphatic carboxylic acids is 1. The summed E-state index contributed by atoms with van der Waals surface area (Å²) in [5.41, 5.74) is -1.90. The van der Waals surface area contributed by atoms with Crippen LogP contribution in [0.5, 0.6) is 0 Å². The zero-order valence-corrected chi connectivity index (χ0v) is 11.5. The van der Waals surface area contributed by atoms with Crippen molar-refractivity contribution in [2.75, 3.05) is 6.54 Å². The summed E-state index contributed by atoms with van der Waals surface area (Å²) in [6.07, 6.45) is 4.54. The van der Waals surface area contributed by atoms with Gasteiger partial charge in [-0.05, 0) is 19.3 Å². The molecule has 0 heterocycles. The second-order valence-corrected chi connectivity index (χ2v) is 4.98. The van der Waals surface area contributed by atoms with E-state index in [1.807, 2.05) is 6.92 Å². The van der Waals surface area contributed by atoms with Crippen LogP contribution >= 0.6 is 0 Å². The molecular weight excluding hydrogens is 234 g/mol. The molecule has 0 spiro atoms. The Morgan fingerprint density at radius 1 is 1.33 bits per heavy atom. The molecule has 0 aliphatic carbocycles. The molecule has 0 fully saturated rings. The van der Waals surface area contributed by atoms with E-state index in [1.54, 1.807) is 0 Å². The number of hydrogen-bond acceptors (Lipinski definition) is 3. The lowest BCUT2D eigenvalue weighted by Crippen LogP contribution is -2.46. The van der Waals surface area contributed by atoms with Gasteiger partial charge in [0.25, 0.3) is 0 Å². The molecule has 5 heteroatoms. The third-order valence-corrected chi connectivity index (χ3v) is 3.11. The van der Waals surface area contributed by atoms with Gasteiger partial charge in [0.1, 0.15) is 0 Å². The van der Waals surface area contributed by atoms with Crippen molar-refractivity contribution in [1.29, 1.82) is 0 Å². The molecule has 0 aliphatic heterocycles. The molecule has 5 nitrogen and oxygen atoms in total. The van der Waals surface area contributed by atoms with Gasteiger partial charge in [-0.1, -0.05) is 33.1 Å². The first kappa shape index (κ1) is 16.9. The smallest absolute Gasteiger partial charge is 0.337 e. The SMILES string of the molecule is CCCCC(CC)CC(=O)NCC(C)(O)C(=O)O. The topological polar surface area (TPSA) is 86.6 Å². The molecule has 2 unspecified atom stereocenters. The number of carbonyl (C=O) groups excluding carboxylic acids is 1. The first-order valence-electron chi connectivity index (χ1n) is 6.56. The average Bonchev–Trinajstić information content (AvgIpc) is 2.31. The van der Waals surface area contributed by atoms with Crippen molar-refractivity contribution in [1.82, 2.24) is 5.32 Å². The maximum atomic E-state index is 11.6. The number of nitrogens with one attached hydrogen (secondary N) is 1. The highest BCUT2D eigenvalue weighted by Gasteiger charge is 2.30. The zero-order chi connectivity index (χ0) is 14.2. The van der Waals surface area contributed by atoms with Crippen molar-refractivity contribution in [2.45, 2.75) is 58.5 Å². The van der Waals surface area contributed by atoms with Crippen LogP contribution in [0.3, 0.4) is 0 Å². The van der Waals surface area contributed by atoms with Gasteiger partial charge in [-0.25, -0.2) is 4.79 Å². The van der Waals surface area contributed by atoms with E-state index >= 15 is 0 Å². The quantitative estimate of drug-likeness (QED) is 0.586.